The summed E-state index contributed by atoms with van der Waals surface area (Å²) in [5.41, 5.74) is 0.386. The number of nitrogens with one attached hydrogen (secondary N) is 1. The first-order valence-electron chi connectivity index (χ1n) is 6.39. The van der Waals surface area contributed by atoms with Gasteiger partial charge in [-0.25, -0.2) is 9.78 Å². The van der Waals surface area contributed by atoms with Gasteiger partial charge in [-0.05, 0) is 25.1 Å². The fourth-order valence-corrected chi connectivity index (χ4v) is 2.47. The van der Waals surface area contributed by atoms with Gasteiger partial charge in [-0.3, -0.25) is 10.1 Å². The second kappa shape index (κ2) is 7.37. The molecule has 2 aromatic heterocycles. The van der Waals surface area contributed by atoms with Crippen molar-refractivity contribution in [2.24, 2.45) is 0 Å². The Morgan fingerprint density at radius 2 is 2.23 bits per heavy atom. The molecule has 0 spiro atoms. The van der Waals surface area contributed by atoms with Crippen LogP contribution in [0.4, 0.5) is 9.93 Å². The zero-order chi connectivity index (χ0) is 15.9. The van der Waals surface area contributed by atoms with Crippen LogP contribution in [0.5, 0.6) is 0 Å². The maximum atomic E-state index is 12.3. The van der Waals surface area contributed by atoms with Crippen molar-refractivity contribution in [1.29, 1.82) is 0 Å². The maximum Gasteiger partial charge on any atom is 0.413 e. The molecular formula is C15H14N2O4S. The number of aromatic nitrogens is 1. The summed E-state index contributed by atoms with van der Waals surface area (Å²) in [4.78, 5) is 28.1. The van der Waals surface area contributed by atoms with Gasteiger partial charge in [-0.2, -0.15) is 0 Å². The number of ketones is 1. The largest absolute Gasteiger partial charge is 0.463 e. The van der Waals surface area contributed by atoms with E-state index in [9.17, 15) is 9.59 Å². The summed E-state index contributed by atoms with van der Waals surface area (Å²) in [7, 11) is 1.25. The molecule has 0 radical (unpaired) electrons. The van der Waals surface area contributed by atoms with Crippen molar-refractivity contribution in [2.45, 2.75) is 6.92 Å². The van der Waals surface area contributed by atoms with E-state index in [1.807, 2.05) is 13.0 Å². The number of furan rings is 1. The van der Waals surface area contributed by atoms with Gasteiger partial charge in [0.05, 0.1) is 13.4 Å². The smallest absolute Gasteiger partial charge is 0.413 e. The summed E-state index contributed by atoms with van der Waals surface area (Å²) in [6, 6.07) is 3.40. The number of carbonyl (C=O) groups is 2. The van der Waals surface area contributed by atoms with E-state index in [2.05, 4.69) is 15.0 Å². The van der Waals surface area contributed by atoms with Gasteiger partial charge in [0.2, 0.25) is 0 Å². The normalized spacial score (nSPS) is 11.2. The average Bonchev–Trinajstić information content (AvgIpc) is 3.16. The zero-order valence-corrected chi connectivity index (χ0v) is 12.8. The fraction of sp³-hybridized carbons (Fsp3) is 0.133. The Hall–Kier alpha value is -2.67. The Labute approximate surface area is 131 Å². The molecule has 2 aromatic rings. The number of amides is 1. The number of rotatable bonds is 5. The minimum atomic E-state index is -0.650. The molecule has 0 bridgehead atoms. The predicted molar refractivity (Wildman–Crippen MR) is 84.1 cm³/mol. The van der Waals surface area contributed by atoms with Crippen LogP contribution in [0.25, 0.3) is 11.5 Å². The number of carbonyl (C=O) groups excluding carboxylic acids is 2. The fourth-order valence-electron chi connectivity index (χ4n) is 1.59. The molecule has 0 aromatic carbocycles. The molecule has 0 saturated heterocycles. The highest BCUT2D eigenvalue weighted by Gasteiger charge is 2.20. The molecule has 7 heteroatoms. The summed E-state index contributed by atoms with van der Waals surface area (Å²) >= 11 is 1.06. The Bertz CT molecular complexity index is 714. The molecule has 0 saturated carbocycles. The quantitative estimate of drug-likeness (QED) is 0.514. The summed E-state index contributed by atoms with van der Waals surface area (Å²) in [5, 5.41) is 2.72. The van der Waals surface area contributed by atoms with Crippen LogP contribution >= 0.6 is 11.3 Å². The van der Waals surface area contributed by atoms with E-state index in [1.165, 1.54) is 19.4 Å². The lowest BCUT2D eigenvalue weighted by atomic mass is 10.2. The van der Waals surface area contributed by atoms with Gasteiger partial charge in [0.1, 0.15) is 10.6 Å². The molecule has 0 unspecified atom stereocenters. The van der Waals surface area contributed by atoms with Gasteiger partial charge < -0.3 is 9.15 Å². The molecule has 22 heavy (non-hydrogen) atoms. The molecule has 0 aliphatic carbocycles. The molecule has 2 heterocycles. The highest BCUT2D eigenvalue weighted by atomic mass is 32.1. The first kappa shape index (κ1) is 15.7. The van der Waals surface area contributed by atoms with Crippen molar-refractivity contribution >= 4 is 28.3 Å². The Morgan fingerprint density at radius 3 is 2.86 bits per heavy atom. The summed E-state index contributed by atoms with van der Waals surface area (Å²) in [6.07, 6.45) is 7.48. The van der Waals surface area contributed by atoms with E-state index in [4.69, 9.17) is 4.42 Å². The van der Waals surface area contributed by atoms with E-state index in [1.54, 1.807) is 24.3 Å². The molecule has 1 amide bonds. The van der Waals surface area contributed by atoms with Crippen molar-refractivity contribution in [2.75, 3.05) is 12.4 Å². The zero-order valence-electron chi connectivity index (χ0n) is 12.0. The third kappa shape index (κ3) is 3.70. The van der Waals surface area contributed by atoms with Crippen LogP contribution in [0, 0.1) is 0 Å². The second-order valence-corrected chi connectivity index (χ2v) is 5.04. The number of methoxy groups -OCH3 is 1. The molecule has 0 aliphatic heterocycles. The van der Waals surface area contributed by atoms with Gasteiger partial charge in [0.15, 0.2) is 16.7 Å². The molecular weight excluding hydrogens is 304 g/mol. The number of ether oxygens (including phenoxy) is 1. The van der Waals surface area contributed by atoms with Crippen LogP contribution in [-0.2, 0) is 4.74 Å². The SMILES string of the molecule is C/C=C\C=C\C(=O)c1sc(NC(=O)OC)nc1-c1ccco1. The number of thiazole rings is 1. The molecule has 0 fully saturated rings. The molecule has 0 atom stereocenters. The van der Waals surface area contributed by atoms with E-state index in [0.29, 0.717) is 16.3 Å². The molecule has 114 valence electrons. The molecule has 6 nitrogen and oxygen atoms in total. The number of nitrogens with zero attached hydrogens (tertiary/aromatic N) is 1. The van der Waals surface area contributed by atoms with Gasteiger partial charge in [0, 0.05) is 0 Å². The van der Waals surface area contributed by atoms with Crippen LogP contribution in [0.15, 0.2) is 47.1 Å². The lowest BCUT2D eigenvalue weighted by molar-refractivity contribution is 0.105. The lowest BCUT2D eigenvalue weighted by Crippen LogP contribution is -2.10. The van der Waals surface area contributed by atoms with Gasteiger partial charge >= 0.3 is 6.09 Å². The van der Waals surface area contributed by atoms with Crippen LogP contribution < -0.4 is 5.32 Å². The van der Waals surface area contributed by atoms with Gasteiger partial charge in [-0.1, -0.05) is 29.6 Å². The van der Waals surface area contributed by atoms with Crippen molar-refractivity contribution < 1.29 is 18.7 Å². The Morgan fingerprint density at radius 1 is 1.41 bits per heavy atom. The summed E-state index contributed by atoms with van der Waals surface area (Å²) in [6.45, 7) is 1.86. The van der Waals surface area contributed by atoms with E-state index in [-0.39, 0.29) is 10.9 Å². The third-order valence-electron chi connectivity index (χ3n) is 2.55. The van der Waals surface area contributed by atoms with E-state index < -0.39 is 6.09 Å². The van der Waals surface area contributed by atoms with Crippen molar-refractivity contribution in [1.82, 2.24) is 4.98 Å². The highest BCUT2D eigenvalue weighted by molar-refractivity contribution is 7.18. The molecule has 1 N–H and O–H groups in total. The van der Waals surface area contributed by atoms with Crippen LogP contribution in [0.1, 0.15) is 16.6 Å². The third-order valence-corrected chi connectivity index (χ3v) is 3.54. The lowest BCUT2D eigenvalue weighted by Gasteiger charge is -1.96. The number of hydrogen-bond donors (Lipinski definition) is 1. The van der Waals surface area contributed by atoms with Gasteiger partial charge in [-0.15, -0.1) is 0 Å². The summed E-state index contributed by atoms with van der Waals surface area (Å²) < 4.78 is 9.81. The monoisotopic (exact) mass is 318 g/mol. The van der Waals surface area contributed by atoms with Crippen LogP contribution in [0.2, 0.25) is 0 Å². The Balaban J connectivity index is 2.37. The minimum Gasteiger partial charge on any atom is -0.463 e. The summed E-state index contributed by atoms with van der Waals surface area (Å²) in [5.74, 6) is 0.233. The predicted octanol–water partition coefficient (Wildman–Crippen LogP) is 3.90. The molecule has 0 aliphatic rings. The van der Waals surface area contributed by atoms with E-state index >= 15 is 0 Å². The number of anilines is 1. The molecule has 2 rings (SSSR count). The first-order chi connectivity index (χ1) is 10.7. The van der Waals surface area contributed by atoms with E-state index in [0.717, 1.165) is 11.3 Å². The number of allylic oxidation sites excluding steroid dienone is 4. The van der Waals surface area contributed by atoms with Crippen molar-refractivity contribution in [3.63, 3.8) is 0 Å². The van der Waals surface area contributed by atoms with Crippen molar-refractivity contribution in [3.05, 3.63) is 47.6 Å². The van der Waals surface area contributed by atoms with Gasteiger partial charge in [0.25, 0.3) is 0 Å². The van der Waals surface area contributed by atoms with Crippen LogP contribution in [0.3, 0.4) is 0 Å². The Kier molecular flexibility index (Phi) is 5.26. The van der Waals surface area contributed by atoms with Crippen LogP contribution in [-0.4, -0.2) is 24.0 Å². The number of hydrogen-bond acceptors (Lipinski definition) is 6. The first-order valence-corrected chi connectivity index (χ1v) is 7.20. The highest BCUT2D eigenvalue weighted by Crippen LogP contribution is 2.32. The van der Waals surface area contributed by atoms with Crippen molar-refractivity contribution in [3.8, 4) is 11.5 Å². The standard InChI is InChI=1S/C15H14N2O4S/c1-3-4-5-7-10(18)13-12(11-8-6-9-21-11)16-14(22-13)17-15(19)20-2/h3-9H,1-2H3,(H,16,17,19)/b4-3-,7-5+. The second-order valence-electron chi connectivity index (χ2n) is 4.04. The maximum absolute atomic E-state index is 12.3. The topological polar surface area (TPSA) is 81.4 Å². The minimum absolute atomic E-state index is 0.222. The average molecular weight is 318 g/mol.